The molecule has 0 aromatic rings. The Bertz CT molecular complexity index is 354. The Morgan fingerprint density at radius 2 is 2.07 bits per heavy atom. The lowest BCUT2D eigenvalue weighted by atomic mass is 9.87. The number of allylic oxidation sites excluding steroid dienone is 1. The summed E-state index contributed by atoms with van der Waals surface area (Å²) in [5, 5.41) is 17.6. The van der Waals surface area contributed by atoms with Crippen LogP contribution in [0.3, 0.4) is 0 Å². The second kappa shape index (κ2) is 3.53. The molecule has 0 radical (unpaired) electrons. The second-order valence-electron chi connectivity index (χ2n) is 3.16. The highest BCUT2D eigenvalue weighted by Crippen LogP contribution is 2.27. The first kappa shape index (κ1) is 10.3. The minimum absolute atomic E-state index is 0.0250. The van der Waals surface area contributed by atoms with Crippen LogP contribution in [-0.4, -0.2) is 22.2 Å². The first-order valence-electron chi connectivity index (χ1n) is 4.06. The Balaban J connectivity index is 3.13. The number of carboxylic acid groups (broad SMARTS) is 2. The molecule has 1 aliphatic rings. The highest BCUT2D eigenvalue weighted by Gasteiger charge is 2.29. The van der Waals surface area contributed by atoms with Crippen molar-refractivity contribution in [2.24, 2.45) is 11.7 Å². The van der Waals surface area contributed by atoms with E-state index in [2.05, 4.69) is 0 Å². The van der Waals surface area contributed by atoms with Gasteiger partial charge in [-0.1, -0.05) is 11.6 Å². The SMILES string of the molecule is CC1=CCC(C(=O)O)=C(N)C1C(=O)O. The molecule has 0 fully saturated rings. The fourth-order valence-electron chi connectivity index (χ4n) is 1.46. The molecule has 0 spiro atoms. The first-order chi connectivity index (χ1) is 6.45. The van der Waals surface area contributed by atoms with Crippen LogP contribution in [0.4, 0.5) is 0 Å². The number of carbonyl (C=O) groups is 2. The summed E-state index contributed by atoms with van der Waals surface area (Å²) < 4.78 is 0. The molecule has 5 heteroatoms. The third-order valence-corrected chi connectivity index (χ3v) is 2.25. The first-order valence-corrected chi connectivity index (χ1v) is 4.06. The van der Waals surface area contributed by atoms with Crippen LogP contribution in [0.25, 0.3) is 0 Å². The Hall–Kier alpha value is -1.78. The van der Waals surface area contributed by atoms with Gasteiger partial charge in [0.15, 0.2) is 0 Å². The summed E-state index contributed by atoms with van der Waals surface area (Å²) in [7, 11) is 0. The summed E-state index contributed by atoms with van der Waals surface area (Å²) in [5.74, 6) is -3.26. The zero-order valence-electron chi connectivity index (χ0n) is 7.65. The van der Waals surface area contributed by atoms with Crippen LogP contribution >= 0.6 is 0 Å². The molecular weight excluding hydrogens is 186 g/mol. The number of rotatable bonds is 2. The molecule has 1 aliphatic carbocycles. The van der Waals surface area contributed by atoms with Crippen LogP contribution in [-0.2, 0) is 9.59 Å². The van der Waals surface area contributed by atoms with Crippen molar-refractivity contribution in [3.8, 4) is 0 Å². The van der Waals surface area contributed by atoms with Gasteiger partial charge in [-0.25, -0.2) is 4.79 Å². The van der Waals surface area contributed by atoms with Gasteiger partial charge in [-0.15, -0.1) is 0 Å². The van der Waals surface area contributed by atoms with Crippen LogP contribution in [0, 0.1) is 5.92 Å². The lowest BCUT2D eigenvalue weighted by Crippen LogP contribution is -2.28. The third kappa shape index (κ3) is 1.61. The van der Waals surface area contributed by atoms with Gasteiger partial charge in [0, 0.05) is 5.70 Å². The smallest absolute Gasteiger partial charge is 0.333 e. The molecular formula is C9H11NO4. The Morgan fingerprint density at radius 1 is 1.50 bits per heavy atom. The molecule has 0 aromatic carbocycles. The van der Waals surface area contributed by atoms with Crippen LogP contribution < -0.4 is 5.73 Å². The molecule has 1 rings (SSSR count). The van der Waals surface area contributed by atoms with Crippen LogP contribution in [0.1, 0.15) is 13.3 Å². The Labute approximate surface area is 80.5 Å². The normalized spacial score (nSPS) is 21.8. The van der Waals surface area contributed by atoms with E-state index in [1.165, 1.54) is 0 Å². The van der Waals surface area contributed by atoms with Crippen LogP contribution in [0.2, 0.25) is 0 Å². The summed E-state index contributed by atoms with van der Waals surface area (Å²) in [5.41, 5.74) is 5.99. The summed E-state index contributed by atoms with van der Waals surface area (Å²) in [6, 6.07) is 0. The monoisotopic (exact) mass is 197 g/mol. The van der Waals surface area contributed by atoms with Gasteiger partial charge in [-0.05, 0) is 13.3 Å². The predicted molar refractivity (Wildman–Crippen MR) is 48.3 cm³/mol. The van der Waals surface area contributed by atoms with Crippen molar-refractivity contribution in [1.82, 2.24) is 0 Å². The van der Waals surface area contributed by atoms with Gasteiger partial charge in [0.25, 0.3) is 0 Å². The maximum atomic E-state index is 10.8. The van der Waals surface area contributed by atoms with Crippen molar-refractivity contribution in [2.45, 2.75) is 13.3 Å². The van der Waals surface area contributed by atoms with Crippen molar-refractivity contribution in [2.75, 3.05) is 0 Å². The van der Waals surface area contributed by atoms with E-state index in [9.17, 15) is 9.59 Å². The molecule has 14 heavy (non-hydrogen) atoms. The maximum Gasteiger partial charge on any atom is 0.333 e. The van der Waals surface area contributed by atoms with E-state index in [1.807, 2.05) is 0 Å². The van der Waals surface area contributed by atoms with E-state index in [0.29, 0.717) is 5.57 Å². The standard InChI is InChI=1S/C9H11NO4/c1-4-2-3-5(8(11)12)7(10)6(4)9(13)14/h2,6H,3,10H2,1H3,(H,11,12)(H,13,14). The van der Waals surface area contributed by atoms with E-state index >= 15 is 0 Å². The lowest BCUT2D eigenvalue weighted by molar-refractivity contribution is -0.139. The second-order valence-corrected chi connectivity index (χ2v) is 3.16. The van der Waals surface area contributed by atoms with Crippen molar-refractivity contribution in [1.29, 1.82) is 0 Å². The lowest BCUT2D eigenvalue weighted by Gasteiger charge is -2.20. The van der Waals surface area contributed by atoms with E-state index in [1.54, 1.807) is 13.0 Å². The Morgan fingerprint density at radius 3 is 2.50 bits per heavy atom. The maximum absolute atomic E-state index is 10.8. The Kier molecular flexibility index (Phi) is 2.60. The number of aliphatic carboxylic acids is 2. The highest BCUT2D eigenvalue weighted by molar-refractivity contribution is 5.91. The van der Waals surface area contributed by atoms with Crippen molar-refractivity contribution >= 4 is 11.9 Å². The molecule has 0 amide bonds. The van der Waals surface area contributed by atoms with Gasteiger partial charge in [-0.2, -0.15) is 0 Å². The topological polar surface area (TPSA) is 101 Å². The van der Waals surface area contributed by atoms with Gasteiger partial charge in [0.05, 0.1) is 5.57 Å². The van der Waals surface area contributed by atoms with E-state index in [-0.39, 0.29) is 17.7 Å². The molecule has 76 valence electrons. The number of hydrogen-bond acceptors (Lipinski definition) is 3. The minimum atomic E-state index is -1.16. The van der Waals surface area contributed by atoms with Gasteiger partial charge in [-0.3, -0.25) is 4.79 Å². The summed E-state index contributed by atoms with van der Waals surface area (Å²) >= 11 is 0. The van der Waals surface area contributed by atoms with Gasteiger partial charge in [0.2, 0.25) is 0 Å². The minimum Gasteiger partial charge on any atom is -0.481 e. The molecule has 0 saturated heterocycles. The van der Waals surface area contributed by atoms with E-state index in [4.69, 9.17) is 15.9 Å². The average Bonchev–Trinajstić information content (AvgIpc) is 2.02. The number of nitrogens with two attached hydrogens (primary N) is 1. The molecule has 1 unspecified atom stereocenters. The van der Waals surface area contributed by atoms with Crippen LogP contribution in [0.5, 0.6) is 0 Å². The summed E-state index contributed by atoms with van der Waals surface area (Å²) in [6.45, 7) is 1.63. The van der Waals surface area contributed by atoms with Crippen LogP contribution in [0.15, 0.2) is 22.9 Å². The predicted octanol–water partition coefficient (Wildman–Crippen LogP) is 0.335. The molecule has 5 nitrogen and oxygen atoms in total. The third-order valence-electron chi connectivity index (χ3n) is 2.25. The molecule has 0 aromatic heterocycles. The average molecular weight is 197 g/mol. The van der Waals surface area contributed by atoms with Crippen molar-refractivity contribution in [3.63, 3.8) is 0 Å². The zero-order valence-corrected chi connectivity index (χ0v) is 7.65. The molecule has 0 saturated carbocycles. The molecule has 0 aliphatic heterocycles. The fourth-order valence-corrected chi connectivity index (χ4v) is 1.46. The largest absolute Gasteiger partial charge is 0.481 e. The van der Waals surface area contributed by atoms with E-state index in [0.717, 1.165) is 0 Å². The quantitative estimate of drug-likeness (QED) is 0.554. The fraction of sp³-hybridized carbons (Fsp3) is 0.333. The number of carboxylic acids is 2. The van der Waals surface area contributed by atoms with Crippen molar-refractivity contribution in [3.05, 3.63) is 22.9 Å². The number of hydrogen-bond donors (Lipinski definition) is 3. The van der Waals surface area contributed by atoms with Gasteiger partial charge >= 0.3 is 11.9 Å². The zero-order chi connectivity index (χ0) is 10.9. The molecule has 0 heterocycles. The van der Waals surface area contributed by atoms with E-state index < -0.39 is 17.9 Å². The van der Waals surface area contributed by atoms with Crippen molar-refractivity contribution < 1.29 is 19.8 Å². The van der Waals surface area contributed by atoms with Gasteiger partial charge in [0.1, 0.15) is 5.92 Å². The summed E-state index contributed by atoms with van der Waals surface area (Å²) in [4.78, 5) is 21.5. The molecule has 4 N–H and O–H groups in total. The molecule has 0 bridgehead atoms. The van der Waals surface area contributed by atoms with Gasteiger partial charge < -0.3 is 15.9 Å². The molecule has 1 atom stereocenters. The highest BCUT2D eigenvalue weighted by atomic mass is 16.4. The summed E-state index contributed by atoms with van der Waals surface area (Å²) in [6.07, 6.45) is 1.77.